The molecule has 0 aliphatic heterocycles. The fourth-order valence-electron chi connectivity index (χ4n) is 2.98. The van der Waals surface area contributed by atoms with Crippen molar-refractivity contribution in [1.29, 1.82) is 0 Å². The van der Waals surface area contributed by atoms with Crippen LogP contribution in [0.3, 0.4) is 0 Å². The molecule has 0 amide bonds. The van der Waals surface area contributed by atoms with Gasteiger partial charge < -0.3 is 10.1 Å². The van der Waals surface area contributed by atoms with Gasteiger partial charge in [-0.3, -0.25) is 0 Å². The first-order chi connectivity index (χ1) is 11.3. The number of nitrogens with one attached hydrogen (secondary N) is 1. The van der Waals surface area contributed by atoms with Gasteiger partial charge in [-0.05, 0) is 56.9 Å². The van der Waals surface area contributed by atoms with Gasteiger partial charge >= 0.3 is 0 Å². The molecular weight excluding hydrogens is 290 g/mol. The van der Waals surface area contributed by atoms with Gasteiger partial charge in [-0.25, -0.2) is 4.98 Å². The van der Waals surface area contributed by atoms with Gasteiger partial charge in [0.15, 0.2) is 0 Å². The van der Waals surface area contributed by atoms with Crippen molar-refractivity contribution in [3.8, 4) is 5.75 Å². The Bertz CT molecular complexity index is 805. The Hall–Kier alpha value is -2.63. The normalized spacial score (nSPS) is 15.2. The van der Waals surface area contributed by atoms with Crippen LogP contribution in [-0.2, 0) is 0 Å². The number of nitrogens with zero attached hydrogens (tertiary/aromatic N) is 4. The average molecular weight is 309 g/mol. The number of aryl methyl sites for hydroxylation is 1. The van der Waals surface area contributed by atoms with Gasteiger partial charge in [0.1, 0.15) is 17.9 Å². The summed E-state index contributed by atoms with van der Waals surface area (Å²) < 4.78 is 7.68. The van der Waals surface area contributed by atoms with Crippen LogP contribution in [0.15, 0.2) is 36.7 Å². The highest BCUT2D eigenvalue weighted by Gasteiger charge is 2.16. The SMILES string of the molecule is Cc1cc(Nc2ccc(OC3CCCC3)cc2)n2ncnc2n1. The maximum Gasteiger partial charge on any atom is 0.254 e. The molecule has 1 aliphatic carbocycles. The van der Waals surface area contributed by atoms with Crippen molar-refractivity contribution in [1.82, 2.24) is 19.6 Å². The fraction of sp³-hybridized carbons (Fsp3) is 0.353. The molecule has 1 aromatic carbocycles. The Labute approximate surface area is 134 Å². The van der Waals surface area contributed by atoms with Crippen molar-refractivity contribution in [2.75, 3.05) is 5.32 Å². The van der Waals surface area contributed by atoms with Crippen molar-refractivity contribution in [2.24, 2.45) is 0 Å². The summed E-state index contributed by atoms with van der Waals surface area (Å²) in [5.74, 6) is 2.36. The molecule has 23 heavy (non-hydrogen) atoms. The molecule has 1 fully saturated rings. The number of benzene rings is 1. The number of rotatable bonds is 4. The molecule has 3 aromatic rings. The van der Waals surface area contributed by atoms with Gasteiger partial charge in [-0.1, -0.05) is 0 Å². The monoisotopic (exact) mass is 309 g/mol. The molecule has 0 radical (unpaired) electrons. The topological polar surface area (TPSA) is 64.3 Å². The van der Waals surface area contributed by atoms with Crippen LogP contribution >= 0.6 is 0 Å². The molecule has 1 N–H and O–H groups in total. The zero-order valence-corrected chi connectivity index (χ0v) is 13.1. The third kappa shape index (κ3) is 2.97. The lowest BCUT2D eigenvalue weighted by Crippen LogP contribution is -2.10. The van der Waals surface area contributed by atoms with Crippen LogP contribution < -0.4 is 10.1 Å². The highest BCUT2D eigenvalue weighted by atomic mass is 16.5. The second-order valence-electron chi connectivity index (χ2n) is 5.93. The lowest BCUT2D eigenvalue weighted by Gasteiger charge is -2.14. The summed E-state index contributed by atoms with van der Waals surface area (Å²) in [6, 6.07) is 10.00. The molecule has 0 bridgehead atoms. The van der Waals surface area contributed by atoms with Crippen LogP contribution in [0.25, 0.3) is 5.78 Å². The first kappa shape index (κ1) is 14.0. The molecule has 118 valence electrons. The van der Waals surface area contributed by atoms with Crippen molar-refractivity contribution >= 4 is 17.3 Å². The van der Waals surface area contributed by atoms with E-state index in [0.717, 1.165) is 22.9 Å². The van der Waals surface area contributed by atoms with E-state index in [0.29, 0.717) is 11.9 Å². The maximum atomic E-state index is 5.99. The molecule has 1 saturated carbocycles. The summed E-state index contributed by atoms with van der Waals surface area (Å²) in [6.07, 6.45) is 6.78. The number of hydrogen-bond acceptors (Lipinski definition) is 5. The Morgan fingerprint density at radius 1 is 1.17 bits per heavy atom. The molecule has 2 aromatic heterocycles. The molecule has 0 spiro atoms. The number of fused-ring (bicyclic) bond motifs is 1. The van der Waals surface area contributed by atoms with Crippen LogP contribution in [0.4, 0.5) is 11.5 Å². The molecule has 0 unspecified atom stereocenters. The zero-order valence-electron chi connectivity index (χ0n) is 13.1. The first-order valence-electron chi connectivity index (χ1n) is 7.99. The lowest BCUT2D eigenvalue weighted by molar-refractivity contribution is 0.210. The molecule has 0 saturated heterocycles. The van der Waals surface area contributed by atoms with E-state index in [4.69, 9.17) is 4.74 Å². The van der Waals surface area contributed by atoms with Crippen LogP contribution in [0.5, 0.6) is 5.75 Å². The van der Waals surface area contributed by atoms with E-state index in [2.05, 4.69) is 20.4 Å². The molecule has 6 nitrogen and oxygen atoms in total. The first-order valence-corrected chi connectivity index (χ1v) is 7.99. The van der Waals surface area contributed by atoms with E-state index in [1.54, 1.807) is 4.52 Å². The third-order valence-corrected chi connectivity index (χ3v) is 4.11. The smallest absolute Gasteiger partial charge is 0.254 e. The van der Waals surface area contributed by atoms with Gasteiger partial charge in [-0.15, -0.1) is 0 Å². The predicted molar refractivity (Wildman–Crippen MR) is 88.1 cm³/mol. The summed E-state index contributed by atoms with van der Waals surface area (Å²) in [7, 11) is 0. The van der Waals surface area contributed by atoms with Crippen molar-refractivity contribution in [3.63, 3.8) is 0 Å². The quantitative estimate of drug-likeness (QED) is 0.799. The van der Waals surface area contributed by atoms with Crippen LogP contribution in [0.1, 0.15) is 31.4 Å². The average Bonchev–Trinajstić information content (AvgIpc) is 3.20. The summed E-state index contributed by atoms with van der Waals surface area (Å²) in [5, 5.41) is 7.56. The Morgan fingerprint density at radius 3 is 2.74 bits per heavy atom. The van der Waals surface area contributed by atoms with Crippen molar-refractivity contribution < 1.29 is 4.74 Å². The molecular formula is C17H19N5O. The molecule has 2 heterocycles. The summed E-state index contributed by atoms with van der Waals surface area (Å²) in [6.45, 7) is 1.94. The maximum absolute atomic E-state index is 5.99. The van der Waals surface area contributed by atoms with E-state index in [1.807, 2.05) is 37.3 Å². The van der Waals surface area contributed by atoms with Gasteiger partial charge in [0.2, 0.25) is 0 Å². The van der Waals surface area contributed by atoms with Crippen molar-refractivity contribution in [3.05, 3.63) is 42.4 Å². The molecule has 1 aliphatic rings. The van der Waals surface area contributed by atoms with Crippen LogP contribution in [0, 0.1) is 6.92 Å². The second-order valence-corrected chi connectivity index (χ2v) is 5.93. The number of anilines is 2. The largest absolute Gasteiger partial charge is 0.490 e. The highest BCUT2D eigenvalue weighted by Crippen LogP contribution is 2.26. The minimum Gasteiger partial charge on any atom is -0.490 e. The minimum atomic E-state index is 0.381. The van der Waals surface area contributed by atoms with Gasteiger partial charge in [0, 0.05) is 17.4 Å². The van der Waals surface area contributed by atoms with Crippen molar-refractivity contribution in [2.45, 2.75) is 38.7 Å². The number of hydrogen-bond donors (Lipinski definition) is 1. The Morgan fingerprint density at radius 2 is 1.96 bits per heavy atom. The summed E-state index contributed by atoms with van der Waals surface area (Å²) >= 11 is 0. The minimum absolute atomic E-state index is 0.381. The van der Waals surface area contributed by atoms with Gasteiger partial charge in [0.05, 0.1) is 6.10 Å². The Balaban J connectivity index is 1.52. The Kier molecular flexibility index (Phi) is 3.57. The third-order valence-electron chi connectivity index (χ3n) is 4.11. The predicted octanol–water partition coefficient (Wildman–Crippen LogP) is 3.50. The van der Waals surface area contributed by atoms with Crippen LogP contribution in [-0.4, -0.2) is 25.7 Å². The number of aromatic nitrogens is 4. The highest BCUT2D eigenvalue weighted by molar-refractivity contribution is 5.59. The molecule has 0 atom stereocenters. The van der Waals surface area contributed by atoms with Gasteiger partial charge in [0.25, 0.3) is 5.78 Å². The van der Waals surface area contributed by atoms with E-state index in [-0.39, 0.29) is 0 Å². The fourth-order valence-corrected chi connectivity index (χ4v) is 2.98. The summed E-state index contributed by atoms with van der Waals surface area (Å²) in [4.78, 5) is 8.47. The molecule has 4 rings (SSSR count). The van der Waals surface area contributed by atoms with Crippen LogP contribution in [0.2, 0.25) is 0 Å². The van der Waals surface area contributed by atoms with E-state index >= 15 is 0 Å². The van der Waals surface area contributed by atoms with E-state index in [9.17, 15) is 0 Å². The zero-order chi connectivity index (χ0) is 15.6. The standard InChI is InChI=1S/C17H19N5O/c1-12-10-16(22-17(20-12)18-11-19-22)21-13-6-8-15(9-7-13)23-14-4-2-3-5-14/h6-11,14,21H,2-5H2,1H3. The lowest BCUT2D eigenvalue weighted by atomic mass is 10.2. The molecule has 6 heteroatoms. The van der Waals surface area contributed by atoms with E-state index < -0.39 is 0 Å². The van der Waals surface area contributed by atoms with Gasteiger partial charge in [-0.2, -0.15) is 14.6 Å². The summed E-state index contributed by atoms with van der Waals surface area (Å²) in [5.41, 5.74) is 1.88. The van der Waals surface area contributed by atoms with E-state index in [1.165, 1.54) is 32.0 Å². The number of ether oxygens (including phenoxy) is 1. The second kappa shape index (κ2) is 5.87.